The van der Waals surface area contributed by atoms with Gasteiger partial charge in [0.05, 0.1) is 11.3 Å². The molecule has 1 N–H and O–H groups in total. The first-order chi connectivity index (χ1) is 8.69. The van der Waals surface area contributed by atoms with E-state index in [1.807, 2.05) is 6.07 Å². The Morgan fingerprint density at radius 1 is 1.44 bits per heavy atom. The van der Waals surface area contributed by atoms with E-state index < -0.39 is 0 Å². The van der Waals surface area contributed by atoms with E-state index in [4.69, 9.17) is 16.9 Å². The Morgan fingerprint density at radius 3 is 2.94 bits per heavy atom. The van der Waals surface area contributed by atoms with Crippen LogP contribution >= 0.6 is 22.9 Å². The molecule has 18 heavy (non-hydrogen) atoms. The monoisotopic (exact) mass is 276 g/mol. The van der Waals surface area contributed by atoms with Crippen molar-refractivity contribution in [1.29, 1.82) is 5.26 Å². The van der Waals surface area contributed by atoms with Crippen LogP contribution in [0, 0.1) is 11.3 Å². The molecule has 1 unspecified atom stereocenters. The van der Waals surface area contributed by atoms with Crippen LogP contribution in [0.15, 0.2) is 35.7 Å². The summed E-state index contributed by atoms with van der Waals surface area (Å²) >= 11 is 7.70. The summed E-state index contributed by atoms with van der Waals surface area (Å²) in [5.41, 5.74) is 1.42. The van der Waals surface area contributed by atoms with E-state index in [-0.39, 0.29) is 6.04 Å². The SMILES string of the molecule is CC(Cc1cccs1)Nc1cc(Cl)ccc1C#N. The molecular weight excluding hydrogens is 264 g/mol. The second-order valence-corrected chi connectivity index (χ2v) is 5.60. The van der Waals surface area contributed by atoms with Gasteiger partial charge >= 0.3 is 0 Å². The van der Waals surface area contributed by atoms with Crippen molar-refractivity contribution < 1.29 is 0 Å². The van der Waals surface area contributed by atoms with E-state index in [0.717, 1.165) is 12.1 Å². The van der Waals surface area contributed by atoms with Gasteiger partial charge in [-0.15, -0.1) is 11.3 Å². The molecule has 0 fully saturated rings. The molecule has 0 bridgehead atoms. The topological polar surface area (TPSA) is 35.8 Å². The lowest BCUT2D eigenvalue weighted by atomic mass is 10.1. The first-order valence-electron chi connectivity index (χ1n) is 5.67. The Kier molecular flexibility index (Phi) is 4.24. The largest absolute Gasteiger partial charge is 0.381 e. The lowest BCUT2D eigenvalue weighted by Gasteiger charge is -2.15. The van der Waals surface area contributed by atoms with Crippen LogP contribution < -0.4 is 5.32 Å². The molecule has 2 aromatic rings. The number of nitriles is 1. The highest BCUT2D eigenvalue weighted by atomic mass is 35.5. The number of nitrogens with zero attached hydrogens (tertiary/aromatic N) is 1. The molecule has 1 atom stereocenters. The van der Waals surface area contributed by atoms with Gasteiger partial charge in [0.25, 0.3) is 0 Å². The fourth-order valence-electron chi connectivity index (χ4n) is 1.78. The number of thiophene rings is 1. The molecule has 0 aliphatic carbocycles. The molecule has 0 radical (unpaired) electrons. The number of halogens is 1. The third-order valence-electron chi connectivity index (χ3n) is 2.59. The van der Waals surface area contributed by atoms with E-state index >= 15 is 0 Å². The number of hydrogen-bond acceptors (Lipinski definition) is 3. The van der Waals surface area contributed by atoms with Gasteiger partial charge in [-0.05, 0) is 36.6 Å². The van der Waals surface area contributed by atoms with Gasteiger partial charge in [-0.25, -0.2) is 0 Å². The van der Waals surface area contributed by atoms with Crippen molar-refractivity contribution in [3.05, 3.63) is 51.2 Å². The van der Waals surface area contributed by atoms with Gasteiger partial charge in [-0.1, -0.05) is 17.7 Å². The minimum atomic E-state index is 0.259. The summed E-state index contributed by atoms with van der Waals surface area (Å²) in [5.74, 6) is 0. The second-order valence-electron chi connectivity index (χ2n) is 4.13. The van der Waals surface area contributed by atoms with Crippen LogP contribution in [-0.2, 0) is 6.42 Å². The predicted octanol–water partition coefficient (Wildman–Crippen LogP) is 4.32. The number of nitrogens with one attached hydrogen (secondary N) is 1. The molecule has 0 saturated heterocycles. The van der Waals surface area contributed by atoms with Crippen molar-refractivity contribution in [2.45, 2.75) is 19.4 Å². The van der Waals surface area contributed by atoms with E-state index in [2.05, 4.69) is 29.8 Å². The molecule has 0 aliphatic heterocycles. The molecule has 2 rings (SSSR count). The van der Waals surface area contributed by atoms with Crippen LogP contribution in [0.2, 0.25) is 5.02 Å². The summed E-state index contributed by atoms with van der Waals surface area (Å²) in [7, 11) is 0. The zero-order chi connectivity index (χ0) is 13.0. The van der Waals surface area contributed by atoms with Crippen LogP contribution in [0.5, 0.6) is 0 Å². The van der Waals surface area contributed by atoms with Gasteiger partial charge < -0.3 is 5.32 Å². The maximum Gasteiger partial charge on any atom is 0.101 e. The van der Waals surface area contributed by atoms with E-state index in [1.54, 1.807) is 29.5 Å². The molecule has 0 amide bonds. The summed E-state index contributed by atoms with van der Waals surface area (Å²) < 4.78 is 0. The lowest BCUT2D eigenvalue weighted by Crippen LogP contribution is -2.18. The summed E-state index contributed by atoms with van der Waals surface area (Å²) in [6.07, 6.45) is 0.940. The number of benzene rings is 1. The number of anilines is 1. The molecule has 0 aliphatic rings. The fraction of sp³-hybridized carbons (Fsp3) is 0.214. The maximum absolute atomic E-state index is 9.05. The summed E-state index contributed by atoms with van der Waals surface area (Å²) in [6, 6.07) is 11.9. The average Bonchev–Trinajstić information content (AvgIpc) is 2.82. The Morgan fingerprint density at radius 2 is 2.28 bits per heavy atom. The third kappa shape index (κ3) is 3.25. The molecule has 92 valence electrons. The van der Waals surface area contributed by atoms with Crippen molar-refractivity contribution in [2.75, 3.05) is 5.32 Å². The van der Waals surface area contributed by atoms with Crippen molar-refractivity contribution >= 4 is 28.6 Å². The highest BCUT2D eigenvalue weighted by Crippen LogP contribution is 2.22. The third-order valence-corrected chi connectivity index (χ3v) is 3.73. The van der Waals surface area contributed by atoms with E-state index in [0.29, 0.717) is 10.6 Å². The standard InChI is InChI=1S/C14H13ClN2S/c1-10(7-13-3-2-6-18-13)17-14-8-12(15)5-4-11(14)9-16/h2-6,8,10,17H,7H2,1H3. The zero-order valence-electron chi connectivity index (χ0n) is 9.98. The minimum absolute atomic E-state index is 0.259. The van der Waals surface area contributed by atoms with Gasteiger partial charge in [-0.2, -0.15) is 5.26 Å². The molecule has 2 nitrogen and oxygen atoms in total. The molecule has 1 aromatic heterocycles. The molecular formula is C14H13ClN2S. The summed E-state index contributed by atoms with van der Waals surface area (Å²) in [4.78, 5) is 1.33. The summed E-state index contributed by atoms with van der Waals surface area (Å²) in [6.45, 7) is 2.10. The molecule has 1 heterocycles. The first-order valence-corrected chi connectivity index (χ1v) is 6.93. The van der Waals surface area contributed by atoms with E-state index in [9.17, 15) is 0 Å². The number of hydrogen-bond donors (Lipinski definition) is 1. The Balaban J connectivity index is 2.09. The van der Waals surface area contributed by atoms with Gasteiger partial charge in [0.2, 0.25) is 0 Å². The van der Waals surface area contributed by atoms with Crippen LogP contribution in [0.3, 0.4) is 0 Å². The zero-order valence-corrected chi connectivity index (χ0v) is 11.6. The average molecular weight is 277 g/mol. The quantitative estimate of drug-likeness (QED) is 0.903. The van der Waals surface area contributed by atoms with Gasteiger partial charge in [-0.3, -0.25) is 0 Å². The Hall–Kier alpha value is -1.50. The molecule has 0 spiro atoms. The van der Waals surface area contributed by atoms with Crippen LogP contribution in [0.1, 0.15) is 17.4 Å². The van der Waals surface area contributed by atoms with E-state index in [1.165, 1.54) is 4.88 Å². The lowest BCUT2D eigenvalue weighted by molar-refractivity contribution is 0.800. The Labute approximate surface area is 116 Å². The number of rotatable bonds is 4. The highest BCUT2D eigenvalue weighted by Gasteiger charge is 2.08. The Bertz CT molecular complexity index is 558. The molecule has 1 aromatic carbocycles. The maximum atomic E-state index is 9.05. The van der Waals surface area contributed by atoms with Gasteiger partial charge in [0, 0.05) is 22.4 Å². The van der Waals surface area contributed by atoms with Gasteiger partial charge in [0.15, 0.2) is 0 Å². The smallest absolute Gasteiger partial charge is 0.101 e. The van der Waals surface area contributed by atoms with Crippen molar-refractivity contribution in [3.8, 4) is 6.07 Å². The fourth-order valence-corrected chi connectivity index (χ4v) is 2.79. The van der Waals surface area contributed by atoms with Crippen molar-refractivity contribution in [1.82, 2.24) is 0 Å². The van der Waals surface area contributed by atoms with Crippen LogP contribution in [-0.4, -0.2) is 6.04 Å². The van der Waals surface area contributed by atoms with Crippen LogP contribution in [0.4, 0.5) is 5.69 Å². The minimum Gasteiger partial charge on any atom is -0.381 e. The summed E-state index contributed by atoms with van der Waals surface area (Å²) in [5, 5.41) is 15.1. The highest BCUT2D eigenvalue weighted by molar-refractivity contribution is 7.09. The molecule has 0 saturated carbocycles. The van der Waals surface area contributed by atoms with Crippen LogP contribution in [0.25, 0.3) is 0 Å². The second kappa shape index (κ2) is 5.90. The predicted molar refractivity (Wildman–Crippen MR) is 77.3 cm³/mol. The van der Waals surface area contributed by atoms with Crippen molar-refractivity contribution in [2.24, 2.45) is 0 Å². The van der Waals surface area contributed by atoms with Gasteiger partial charge in [0.1, 0.15) is 6.07 Å². The normalized spacial score (nSPS) is 11.8. The molecule has 4 heteroatoms. The first kappa shape index (κ1) is 12.9. The van der Waals surface area contributed by atoms with Crippen molar-refractivity contribution in [3.63, 3.8) is 0 Å².